The van der Waals surface area contributed by atoms with E-state index in [9.17, 15) is 40.8 Å². The first kappa shape index (κ1) is 52.0. The summed E-state index contributed by atoms with van der Waals surface area (Å²) in [4.78, 5) is 63.1. The van der Waals surface area contributed by atoms with Crippen LogP contribution < -0.4 is 30.7 Å². The first-order valence-electron chi connectivity index (χ1n) is 24.3. The molecule has 4 amide bonds. The van der Waals surface area contributed by atoms with Gasteiger partial charge in [-0.05, 0) is 119 Å². The van der Waals surface area contributed by atoms with Crippen LogP contribution in [0, 0.1) is 0 Å². The van der Waals surface area contributed by atoms with Crippen LogP contribution in [0.5, 0.6) is 11.5 Å². The van der Waals surface area contributed by atoms with Gasteiger partial charge in [0.15, 0.2) is 0 Å². The fourth-order valence-corrected chi connectivity index (χ4v) is 11.8. The molecule has 0 aromatic heterocycles. The highest BCUT2D eigenvalue weighted by atomic mass is 32.2. The predicted molar refractivity (Wildman–Crippen MR) is 288 cm³/mol. The van der Waals surface area contributed by atoms with E-state index in [2.05, 4.69) is 21.3 Å². The van der Waals surface area contributed by atoms with Crippen LogP contribution in [0.1, 0.15) is 57.2 Å². The molecule has 384 valence electrons. The summed E-state index contributed by atoms with van der Waals surface area (Å²) < 4.78 is 65.1. The van der Waals surface area contributed by atoms with E-state index in [-0.39, 0.29) is 64.2 Å². The minimum Gasteiger partial charge on any atom is -0.488 e. The summed E-state index contributed by atoms with van der Waals surface area (Å²) in [5, 5.41) is 10.9. The second kappa shape index (κ2) is 22.7. The number of ether oxygens (including phenoxy) is 2. The molecule has 0 bridgehead atoms. The van der Waals surface area contributed by atoms with Gasteiger partial charge in [0.1, 0.15) is 27.9 Å². The molecule has 0 unspecified atom stereocenters. The third kappa shape index (κ3) is 11.6. The topological polar surface area (TPSA) is 220 Å². The second-order valence-electron chi connectivity index (χ2n) is 17.8. The molecule has 76 heavy (non-hydrogen) atoms. The standard InChI is InChI=1S/C59H50N4O11S2/c1-38(64)74-51-15-7-6-14-48(51)40-17-21-42(22-18-40)56(65)60-30-10-32-63-59(68)55-36-47-26-25-45(34-53(47)76(55,71)72)44-27-28-50(73-37-39-11-3-2-4-12-39)49(33-44)41-19-23-43(24-20-41)57(66)61-29-9-31-62-58(67)54-35-46-13-5-8-16-52(46)75(54,69)70/h2-8,11-28,33-36H,9-10,29-32,37H2,1H3,(H,60,65)(H,61,66)(H,62,67)(H,63,68). The Bertz CT molecular complexity index is 3710. The van der Waals surface area contributed by atoms with Gasteiger partial charge in [-0.15, -0.1) is 0 Å². The molecule has 0 fully saturated rings. The minimum absolute atomic E-state index is 0.0165. The SMILES string of the molecule is CC(=O)Oc1ccccc1-c1ccc(C(=O)NCCCNC(=O)C2=Cc3ccc(-c4ccc(OCc5ccccc5)c(-c5ccc(C(=O)NCCCNC(=O)C6=Cc7ccccc7S6(=O)=O)cc5)c4)cc3S2(=O)=O)cc1. The van der Waals surface area contributed by atoms with Crippen LogP contribution in [0.15, 0.2) is 183 Å². The van der Waals surface area contributed by atoms with Crippen molar-refractivity contribution in [2.45, 2.75) is 36.2 Å². The second-order valence-corrected chi connectivity index (χ2v) is 21.5. The van der Waals surface area contributed by atoms with Crippen molar-refractivity contribution in [3.8, 4) is 44.9 Å². The number of benzene rings is 7. The largest absolute Gasteiger partial charge is 0.488 e. The van der Waals surface area contributed by atoms with Crippen molar-refractivity contribution in [3.05, 3.63) is 201 Å². The highest BCUT2D eigenvalue weighted by Crippen LogP contribution is 2.40. The van der Waals surface area contributed by atoms with Gasteiger partial charge in [0.05, 0.1) is 9.79 Å². The van der Waals surface area contributed by atoms with Gasteiger partial charge >= 0.3 is 5.97 Å². The maximum atomic E-state index is 13.9. The van der Waals surface area contributed by atoms with Crippen molar-refractivity contribution in [2.75, 3.05) is 26.2 Å². The van der Waals surface area contributed by atoms with Crippen molar-refractivity contribution in [1.29, 1.82) is 0 Å². The average Bonchev–Trinajstić information content (AvgIpc) is 3.95. The van der Waals surface area contributed by atoms with Gasteiger partial charge in [0, 0.05) is 55.4 Å². The fourth-order valence-electron chi connectivity index (χ4n) is 8.67. The number of sulfone groups is 2. The van der Waals surface area contributed by atoms with E-state index in [1.807, 2.05) is 54.6 Å². The monoisotopic (exact) mass is 1050 g/mol. The molecule has 7 aromatic rings. The summed E-state index contributed by atoms with van der Waals surface area (Å²) in [6.45, 7) is 2.25. The Morgan fingerprint density at radius 2 is 0.908 bits per heavy atom. The van der Waals surface area contributed by atoms with Gasteiger partial charge in [-0.3, -0.25) is 24.0 Å². The Labute approximate surface area is 439 Å². The maximum Gasteiger partial charge on any atom is 0.308 e. The smallest absolute Gasteiger partial charge is 0.308 e. The molecule has 15 nitrogen and oxygen atoms in total. The van der Waals surface area contributed by atoms with E-state index in [1.54, 1.807) is 97.1 Å². The van der Waals surface area contributed by atoms with Crippen LogP contribution >= 0.6 is 0 Å². The zero-order valence-corrected chi connectivity index (χ0v) is 42.6. The number of nitrogens with one attached hydrogen (secondary N) is 4. The van der Waals surface area contributed by atoms with Crippen molar-refractivity contribution in [3.63, 3.8) is 0 Å². The molecule has 0 aliphatic carbocycles. The Morgan fingerprint density at radius 1 is 0.434 bits per heavy atom. The highest BCUT2D eigenvalue weighted by molar-refractivity contribution is 7.97. The Hall–Kier alpha value is -8.93. The van der Waals surface area contributed by atoms with E-state index >= 15 is 0 Å². The quantitative estimate of drug-likeness (QED) is 0.0343. The van der Waals surface area contributed by atoms with E-state index < -0.39 is 37.5 Å². The van der Waals surface area contributed by atoms with Gasteiger partial charge in [0.2, 0.25) is 19.7 Å². The molecule has 9 rings (SSSR count). The summed E-state index contributed by atoms with van der Waals surface area (Å²) in [6.07, 6.45) is 3.38. The molecule has 4 N–H and O–H groups in total. The summed E-state index contributed by atoms with van der Waals surface area (Å²) in [5.41, 5.74) is 6.64. The normalized spacial score (nSPS) is 13.5. The summed E-state index contributed by atoms with van der Waals surface area (Å²) in [6, 6.07) is 47.3. The Balaban J connectivity index is 0.803. The summed E-state index contributed by atoms with van der Waals surface area (Å²) in [5.74, 6) is -1.65. The lowest BCUT2D eigenvalue weighted by Crippen LogP contribution is -2.31. The van der Waals surface area contributed by atoms with Gasteiger partial charge in [-0.2, -0.15) is 0 Å². The zero-order chi connectivity index (χ0) is 53.4. The van der Waals surface area contributed by atoms with Crippen LogP contribution in [-0.4, -0.2) is 72.6 Å². The van der Waals surface area contributed by atoms with Crippen molar-refractivity contribution in [1.82, 2.24) is 21.3 Å². The average molecular weight is 1060 g/mol. The van der Waals surface area contributed by atoms with Crippen LogP contribution in [-0.2, 0) is 40.7 Å². The number of hydrogen-bond acceptors (Lipinski definition) is 11. The molecule has 0 saturated heterocycles. The number of esters is 1. The number of amides is 4. The van der Waals surface area contributed by atoms with Gasteiger partial charge in [0.25, 0.3) is 23.6 Å². The van der Waals surface area contributed by atoms with Crippen molar-refractivity contribution < 1.29 is 50.3 Å². The van der Waals surface area contributed by atoms with Crippen molar-refractivity contribution >= 4 is 61.4 Å². The predicted octanol–water partition coefficient (Wildman–Crippen LogP) is 8.32. The van der Waals surface area contributed by atoms with Crippen LogP contribution in [0.4, 0.5) is 0 Å². The van der Waals surface area contributed by atoms with E-state index in [1.165, 1.54) is 31.2 Å². The van der Waals surface area contributed by atoms with E-state index in [0.717, 1.165) is 11.1 Å². The third-order valence-electron chi connectivity index (χ3n) is 12.6. The first-order valence-corrected chi connectivity index (χ1v) is 27.2. The third-order valence-corrected chi connectivity index (χ3v) is 16.2. The van der Waals surface area contributed by atoms with E-state index in [0.29, 0.717) is 74.4 Å². The Morgan fingerprint density at radius 3 is 1.50 bits per heavy atom. The lowest BCUT2D eigenvalue weighted by molar-refractivity contribution is -0.131. The summed E-state index contributed by atoms with van der Waals surface area (Å²) >= 11 is 0. The first-order chi connectivity index (χ1) is 36.7. The van der Waals surface area contributed by atoms with Crippen molar-refractivity contribution in [2.24, 2.45) is 0 Å². The molecule has 0 spiro atoms. The maximum absolute atomic E-state index is 13.9. The van der Waals surface area contributed by atoms with E-state index in [4.69, 9.17) is 9.47 Å². The number of fused-ring (bicyclic) bond motifs is 2. The van der Waals surface area contributed by atoms with Gasteiger partial charge in [-0.1, -0.05) is 109 Å². The minimum atomic E-state index is -4.21. The van der Waals surface area contributed by atoms with Crippen LogP contribution in [0.25, 0.3) is 45.5 Å². The molecule has 2 aliphatic heterocycles. The molecule has 7 aromatic carbocycles. The van der Waals surface area contributed by atoms with Crippen LogP contribution in [0.2, 0.25) is 0 Å². The molecule has 2 heterocycles. The van der Waals surface area contributed by atoms with Gasteiger partial charge in [-0.25, -0.2) is 16.8 Å². The molecule has 0 atom stereocenters. The molecule has 0 radical (unpaired) electrons. The number of carbonyl (C=O) groups is 5. The zero-order valence-electron chi connectivity index (χ0n) is 41.0. The summed E-state index contributed by atoms with van der Waals surface area (Å²) in [7, 11) is -8.11. The van der Waals surface area contributed by atoms with Crippen LogP contribution in [0.3, 0.4) is 0 Å². The lowest BCUT2D eigenvalue weighted by atomic mass is 9.96. The lowest BCUT2D eigenvalue weighted by Gasteiger charge is -2.15. The number of hydrogen-bond donors (Lipinski definition) is 4. The highest BCUT2D eigenvalue weighted by Gasteiger charge is 2.35. The number of carbonyl (C=O) groups excluding carboxylic acids is 5. The number of rotatable bonds is 19. The fraction of sp³-hybridized carbons (Fsp3) is 0.136. The molecular formula is C59H50N4O11S2. The molecular weight excluding hydrogens is 1000 g/mol. The van der Waals surface area contributed by atoms with Gasteiger partial charge < -0.3 is 30.7 Å². The number of para-hydroxylation sites is 1. The molecule has 2 aliphatic rings. The molecule has 17 heteroatoms. The molecule has 0 saturated carbocycles. The Kier molecular flexibility index (Phi) is 15.5.